The zero-order chi connectivity index (χ0) is 21.4. The zero-order valence-electron chi connectivity index (χ0n) is 15.6. The standard InChI is InChI=1S/C19H19BrClN3O4S/c1-11(2)28-15-8-7-12(9-13(15)20)18(26)22-19(29)24-23-17(25)10-27-16-6-4-3-5-14(16)21/h3-9,11H,10H2,1-2H3,(H,23,25)(H2,22,24,26,29). The fourth-order valence-corrected chi connectivity index (χ4v) is 2.87. The van der Waals surface area contributed by atoms with Crippen molar-refractivity contribution in [3.05, 3.63) is 57.5 Å². The molecule has 3 N–H and O–H groups in total. The first-order valence-corrected chi connectivity index (χ1v) is 10.1. The predicted octanol–water partition coefficient (Wildman–Crippen LogP) is 3.60. The largest absolute Gasteiger partial charge is 0.490 e. The minimum atomic E-state index is -0.501. The van der Waals surface area contributed by atoms with Crippen LogP contribution in [0.3, 0.4) is 0 Å². The Morgan fingerprint density at radius 2 is 1.86 bits per heavy atom. The Morgan fingerprint density at radius 1 is 1.14 bits per heavy atom. The average Bonchev–Trinajstić information content (AvgIpc) is 2.67. The number of hydrogen-bond donors (Lipinski definition) is 3. The van der Waals surface area contributed by atoms with Gasteiger partial charge in [-0.25, -0.2) is 0 Å². The molecule has 0 spiro atoms. The van der Waals surface area contributed by atoms with Gasteiger partial charge in [0.15, 0.2) is 11.7 Å². The van der Waals surface area contributed by atoms with Crippen molar-refractivity contribution in [3.63, 3.8) is 0 Å². The maximum absolute atomic E-state index is 12.3. The van der Waals surface area contributed by atoms with Crippen LogP contribution in [0, 0.1) is 0 Å². The Bertz CT molecular complexity index is 911. The summed E-state index contributed by atoms with van der Waals surface area (Å²) in [5.74, 6) is 0.0685. The lowest BCUT2D eigenvalue weighted by atomic mass is 10.2. The summed E-state index contributed by atoms with van der Waals surface area (Å²) in [4.78, 5) is 24.1. The molecule has 0 saturated heterocycles. The zero-order valence-corrected chi connectivity index (χ0v) is 18.8. The third kappa shape index (κ3) is 7.52. The van der Waals surface area contributed by atoms with E-state index in [4.69, 9.17) is 33.3 Å². The average molecular weight is 501 g/mol. The Morgan fingerprint density at radius 3 is 2.52 bits per heavy atom. The van der Waals surface area contributed by atoms with Gasteiger partial charge in [0.2, 0.25) is 0 Å². The van der Waals surface area contributed by atoms with Crippen molar-refractivity contribution in [1.82, 2.24) is 16.2 Å². The first kappa shape index (κ1) is 22.9. The predicted molar refractivity (Wildman–Crippen MR) is 118 cm³/mol. The molecule has 2 amide bonds. The summed E-state index contributed by atoms with van der Waals surface area (Å²) in [6.07, 6.45) is 0.00765. The lowest BCUT2D eigenvalue weighted by Gasteiger charge is -2.13. The van der Waals surface area contributed by atoms with Gasteiger partial charge >= 0.3 is 0 Å². The Labute approximate surface area is 187 Å². The van der Waals surface area contributed by atoms with E-state index < -0.39 is 11.8 Å². The van der Waals surface area contributed by atoms with Crippen LogP contribution in [0.25, 0.3) is 0 Å². The Balaban J connectivity index is 1.79. The number of carbonyl (C=O) groups excluding carboxylic acids is 2. The SMILES string of the molecule is CC(C)Oc1ccc(C(=O)NC(=S)NNC(=O)COc2ccccc2Cl)cc1Br. The van der Waals surface area contributed by atoms with Gasteiger partial charge in [0.05, 0.1) is 15.6 Å². The van der Waals surface area contributed by atoms with E-state index in [1.807, 2.05) is 13.8 Å². The van der Waals surface area contributed by atoms with Gasteiger partial charge in [0.1, 0.15) is 11.5 Å². The molecule has 0 saturated carbocycles. The van der Waals surface area contributed by atoms with Crippen LogP contribution in [0.15, 0.2) is 46.9 Å². The highest BCUT2D eigenvalue weighted by Crippen LogP contribution is 2.27. The second-order valence-corrected chi connectivity index (χ2v) is 7.66. The van der Waals surface area contributed by atoms with Crippen LogP contribution in [0.5, 0.6) is 11.5 Å². The molecule has 0 atom stereocenters. The van der Waals surface area contributed by atoms with Crippen LogP contribution in [0.2, 0.25) is 5.02 Å². The Hall–Kier alpha value is -2.36. The number of halogens is 2. The van der Waals surface area contributed by atoms with Gasteiger partial charge in [-0.05, 0) is 72.3 Å². The van der Waals surface area contributed by atoms with E-state index in [0.29, 0.717) is 26.6 Å². The number of benzene rings is 2. The molecule has 0 bridgehead atoms. The van der Waals surface area contributed by atoms with Crippen molar-refractivity contribution in [1.29, 1.82) is 0 Å². The molecule has 2 aromatic carbocycles. The molecule has 0 aromatic heterocycles. The molecule has 154 valence electrons. The summed E-state index contributed by atoms with van der Waals surface area (Å²) >= 11 is 14.3. The third-order valence-electron chi connectivity index (χ3n) is 3.29. The van der Waals surface area contributed by atoms with E-state index in [1.54, 1.807) is 42.5 Å². The van der Waals surface area contributed by atoms with E-state index in [-0.39, 0.29) is 17.8 Å². The van der Waals surface area contributed by atoms with Crippen LogP contribution in [0.4, 0.5) is 0 Å². The molecular weight excluding hydrogens is 482 g/mol. The highest BCUT2D eigenvalue weighted by molar-refractivity contribution is 9.10. The maximum atomic E-state index is 12.3. The molecule has 0 heterocycles. The number of carbonyl (C=O) groups is 2. The quantitative estimate of drug-likeness (QED) is 0.415. The van der Waals surface area contributed by atoms with Crippen LogP contribution in [0.1, 0.15) is 24.2 Å². The number of thiocarbonyl (C=S) groups is 1. The normalized spacial score (nSPS) is 10.2. The Kier molecular flexibility index (Phi) is 8.69. The second-order valence-electron chi connectivity index (χ2n) is 5.99. The van der Waals surface area contributed by atoms with Crippen LogP contribution in [-0.4, -0.2) is 29.6 Å². The summed E-state index contributed by atoms with van der Waals surface area (Å²) in [5, 5.41) is 2.79. The van der Waals surface area contributed by atoms with E-state index in [9.17, 15) is 9.59 Å². The molecule has 2 aromatic rings. The van der Waals surface area contributed by atoms with Crippen LogP contribution >= 0.6 is 39.7 Å². The summed E-state index contributed by atoms with van der Waals surface area (Å²) in [5.41, 5.74) is 5.13. The van der Waals surface area contributed by atoms with Crippen molar-refractivity contribution in [3.8, 4) is 11.5 Å². The second kappa shape index (κ2) is 11.0. The van der Waals surface area contributed by atoms with Crippen molar-refractivity contribution in [2.24, 2.45) is 0 Å². The van der Waals surface area contributed by atoms with Crippen LogP contribution < -0.4 is 25.6 Å². The monoisotopic (exact) mass is 499 g/mol. The van der Waals surface area contributed by atoms with Crippen molar-refractivity contribution >= 4 is 56.7 Å². The summed E-state index contributed by atoms with van der Waals surface area (Å²) < 4.78 is 11.5. The number of ether oxygens (including phenoxy) is 2. The molecule has 0 radical (unpaired) electrons. The topological polar surface area (TPSA) is 88.7 Å². The third-order valence-corrected chi connectivity index (χ3v) is 4.43. The summed E-state index contributed by atoms with van der Waals surface area (Å²) in [7, 11) is 0. The molecule has 10 heteroatoms. The molecule has 0 fully saturated rings. The molecule has 0 unspecified atom stereocenters. The molecule has 7 nitrogen and oxygen atoms in total. The molecule has 0 aliphatic carbocycles. The highest BCUT2D eigenvalue weighted by atomic mass is 79.9. The van der Waals surface area contributed by atoms with Crippen LogP contribution in [-0.2, 0) is 4.79 Å². The van der Waals surface area contributed by atoms with E-state index in [0.717, 1.165) is 0 Å². The molecule has 2 rings (SSSR count). The first-order chi connectivity index (χ1) is 13.8. The van der Waals surface area contributed by atoms with E-state index in [2.05, 4.69) is 32.1 Å². The minimum Gasteiger partial charge on any atom is -0.490 e. The molecule has 0 aliphatic heterocycles. The lowest BCUT2D eigenvalue weighted by Crippen LogP contribution is -2.49. The van der Waals surface area contributed by atoms with Gasteiger partial charge in [0, 0.05) is 5.56 Å². The van der Waals surface area contributed by atoms with Gasteiger partial charge in [0.25, 0.3) is 11.8 Å². The van der Waals surface area contributed by atoms with Crippen molar-refractivity contribution < 1.29 is 19.1 Å². The van der Waals surface area contributed by atoms with Gasteiger partial charge < -0.3 is 9.47 Å². The van der Waals surface area contributed by atoms with Gasteiger partial charge in [-0.2, -0.15) is 0 Å². The van der Waals surface area contributed by atoms with Crippen molar-refractivity contribution in [2.75, 3.05) is 6.61 Å². The minimum absolute atomic E-state index is 0.00765. The lowest BCUT2D eigenvalue weighted by molar-refractivity contribution is -0.123. The smallest absolute Gasteiger partial charge is 0.276 e. The van der Waals surface area contributed by atoms with E-state index >= 15 is 0 Å². The highest BCUT2D eigenvalue weighted by Gasteiger charge is 2.12. The first-order valence-electron chi connectivity index (χ1n) is 8.50. The molecule has 29 heavy (non-hydrogen) atoms. The fraction of sp³-hybridized carbons (Fsp3) is 0.211. The fourth-order valence-electron chi connectivity index (χ4n) is 2.07. The number of para-hydroxylation sites is 1. The number of rotatable bonds is 6. The number of hydrogen-bond acceptors (Lipinski definition) is 5. The number of nitrogens with one attached hydrogen (secondary N) is 3. The van der Waals surface area contributed by atoms with Gasteiger partial charge in [-0.3, -0.25) is 25.8 Å². The van der Waals surface area contributed by atoms with Gasteiger partial charge in [-0.1, -0.05) is 23.7 Å². The summed E-state index contributed by atoms with van der Waals surface area (Å²) in [6, 6.07) is 11.7. The van der Waals surface area contributed by atoms with Crippen molar-refractivity contribution in [2.45, 2.75) is 20.0 Å². The molecular formula is C19H19BrClN3O4S. The maximum Gasteiger partial charge on any atom is 0.276 e. The number of amides is 2. The van der Waals surface area contributed by atoms with E-state index in [1.165, 1.54) is 0 Å². The van der Waals surface area contributed by atoms with Gasteiger partial charge in [-0.15, -0.1) is 0 Å². The number of hydrazine groups is 1. The summed E-state index contributed by atoms with van der Waals surface area (Å²) in [6.45, 7) is 3.54. The molecule has 0 aliphatic rings.